The zero-order valence-electron chi connectivity index (χ0n) is 9.66. The molecule has 1 aromatic carbocycles. The normalized spacial score (nSPS) is 11.2. The van der Waals surface area contributed by atoms with Gasteiger partial charge in [0.25, 0.3) is 0 Å². The molecule has 0 fully saturated rings. The van der Waals surface area contributed by atoms with E-state index in [1.807, 2.05) is 0 Å². The van der Waals surface area contributed by atoms with Crippen molar-refractivity contribution in [2.45, 2.75) is 6.18 Å². The highest BCUT2D eigenvalue weighted by Crippen LogP contribution is 2.32. The molecule has 20 heavy (non-hydrogen) atoms. The Balaban J connectivity index is 2.25. The Morgan fingerprint density at radius 3 is 2.40 bits per heavy atom. The predicted molar refractivity (Wildman–Crippen MR) is 60.2 cm³/mol. The molecule has 104 valence electrons. The van der Waals surface area contributed by atoms with Crippen LogP contribution in [0.1, 0.15) is 5.56 Å². The molecule has 2 rings (SSSR count). The van der Waals surface area contributed by atoms with Gasteiger partial charge < -0.3 is 4.74 Å². The van der Waals surface area contributed by atoms with Gasteiger partial charge in [-0.25, -0.2) is 4.98 Å². The minimum atomic E-state index is -4.46. The van der Waals surface area contributed by atoms with Crippen LogP contribution < -0.4 is 4.74 Å². The molecular weight excluding hydrogens is 279 g/mol. The number of ether oxygens (including phenoxy) is 1. The number of rotatable bonds is 3. The summed E-state index contributed by atoms with van der Waals surface area (Å²) in [5, 5.41) is 10.7. The fourth-order valence-electron chi connectivity index (χ4n) is 1.34. The summed E-state index contributed by atoms with van der Waals surface area (Å²) < 4.78 is 42.2. The van der Waals surface area contributed by atoms with Gasteiger partial charge in [-0.15, -0.1) is 0 Å². The maximum absolute atomic E-state index is 12.4. The number of nitrogens with zero attached hydrogens (tertiary/aromatic N) is 3. The Labute approximate surface area is 110 Å². The van der Waals surface area contributed by atoms with Crippen LogP contribution >= 0.6 is 0 Å². The molecule has 0 saturated carbocycles. The SMILES string of the molecule is O=[N+]([O-])c1cncnc1Oc1ccc(C(F)(F)F)cc1. The minimum Gasteiger partial charge on any atom is -0.434 e. The van der Waals surface area contributed by atoms with Crippen molar-refractivity contribution < 1.29 is 22.8 Å². The van der Waals surface area contributed by atoms with E-state index in [-0.39, 0.29) is 11.6 Å². The van der Waals surface area contributed by atoms with Gasteiger partial charge in [0, 0.05) is 0 Å². The lowest BCUT2D eigenvalue weighted by Gasteiger charge is -2.08. The van der Waals surface area contributed by atoms with Gasteiger partial charge in [-0.2, -0.15) is 18.2 Å². The number of alkyl halides is 3. The first-order valence-electron chi connectivity index (χ1n) is 5.17. The van der Waals surface area contributed by atoms with Crippen molar-refractivity contribution in [3.63, 3.8) is 0 Å². The first-order chi connectivity index (χ1) is 9.38. The van der Waals surface area contributed by atoms with Crippen LogP contribution in [0, 0.1) is 10.1 Å². The van der Waals surface area contributed by atoms with Gasteiger partial charge >= 0.3 is 17.7 Å². The summed E-state index contributed by atoms with van der Waals surface area (Å²) in [7, 11) is 0. The molecule has 0 saturated heterocycles. The molecule has 0 spiro atoms. The highest BCUT2D eigenvalue weighted by atomic mass is 19.4. The number of nitro groups is 1. The van der Waals surface area contributed by atoms with Crippen molar-refractivity contribution >= 4 is 5.69 Å². The molecule has 0 aliphatic heterocycles. The molecule has 0 bridgehead atoms. The monoisotopic (exact) mass is 285 g/mol. The van der Waals surface area contributed by atoms with Crippen LogP contribution in [0.4, 0.5) is 18.9 Å². The molecule has 0 aliphatic rings. The highest BCUT2D eigenvalue weighted by molar-refractivity contribution is 5.41. The number of hydrogen-bond donors (Lipinski definition) is 0. The Morgan fingerprint density at radius 1 is 1.20 bits per heavy atom. The molecular formula is C11H6F3N3O3. The molecule has 2 aromatic rings. The minimum absolute atomic E-state index is 0.000185. The van der Waals surface area contributed by atoms with Crippen LogP contribution in [0.5, 0.6) is 11.6 Å². The molecule has 1 heterocycles. The Kier molecular flexibility index (Phi) is 3.51. The van der Waals surface area contributed by atoms with Gasteiger partial charge in [0.2, 0.25) is 0 Å². The quantitative estimate of drug-likeness (QED) is 0.639. The Morgan fingerprint density at radius 2 is 1.85 bits per heavy atom. The first-order valence-corrected chi connectivity index (χ1v) is 5.17. The Bertz CT molecular complexity index is 629. The van der Waals surface area contributed by atoms with Crippen molar-refractivity contribution in [1.82, 2.24) is 9.97 Å². The van der Waals surface area contributed by atoms with E-state index in [1.165, 1.54) is 0 Å². The van der Waals surface area contributed by atoms with Crippen molar-refractivity contribution in [3.05, 3.63) is 52.5 Å². The van der Waals surface area contributed by atoms with Gasteiger partial charge in [-0.3, -0.25) is 10.1 Å². The van der Waals surface area contributed by atoms with Crippen LogP contribution in [0.15, 0.2) is 36.8 Å². The van der Waals surface area contributed by atoms with Crippen molar-refractivity contribution in [1.29, 1.82) is 0 Å². The number of aromatic nitrogens is 2. The van der Waals surface area contributed by atoms with E-state index >= 15 is 0 Å². The van der Waals surface area contributed by atoms with E-state index in [2.05, 4.69) is 9.97 Å². The Hall–Kier alpha value is -2.71. The van der Waals surface area contributed by atoms with Crippen LogP contribution in [0.2, 0.25) is 0 Å². The van der Waals surface area contributed by atoms with Gasteiger partial charge in [0.15, 0.2) is 0 Å². The molecule has 0 amide bonds. The van der Waals surface area contributed by atoms with Gasteiger partial charge in [-0.1, -0.05) is 0 Å². The third-order valence-corrected chi connectivity index (χ3v) is 2.25. The molecule has 6 nitrogen and oxygen atoms in total. The third-order valence-electron chi connectivity index (χ3n) is 2.25. The van der Waals surface area contributed by atoms with Crippen LogP contribution in [-0.4, -0.2) is 14.9 Å². The number of halogens is 3. The average molecular weight is 285 g/mol. The van der Waals surface area contributed by atoms with Crippen molar-refractivity contribution in [3.8, 4) is 11.6 Å². The topological polar surface area (TPSA) is 78.2 Å². The van der Waals surface area contributed by atoms with E-state index in [0.717, 1.165) is 36.8 Å². The van der Waals surface area contributed by atoms with Gasteiger partial charge in [-0.05, 0) is 24.3 Å². The lowest BCUT2D eigenvalue weighted by molar-refractivity contribution is -0.386. The maximum atomic E-state index is 12.4. The van der Waals surface area contributed by atoms with Gasteiger partial charge in [0.05, 0.1) is 10.5 Å². The number of benzene rings is 1. The van der Waals surface area contributed by atoms with Crippen molar-refractivity contribution in [2.75, 3.05) is 0 Å². The lowest BCUT2D eigenvalue weighted by Crippen LogP contribution is -2.04. The molecule has 9 heteroatoms. The van der Waals surface area contributed by atoms with Crippen LogP contribution in [0.25, 0.3) is 0 Å². The van der Waals surface area contributed by atoms with Crippen molar-refractivity contribution in [2.24, 2.45) is 0 Å². The smallest absolute Gasteiger partial charge is 0.416 e. The zero-order valence-corrected chi connectivity index (χ0v) is 9.66. The number of hydrogen-bond acceptors (Lipinski definition) is 5. The fraction of sp³-hybridized carbons (Fsp3) is 0.0909. The molecule has 1 aromatic heterocycles. The molecule has 0 N–H and O–H groups in total. The highest BCUT2D eigenvalue weighted by Gasteiger charge is 2.30. The summed E-state index contributed by atoms with van der Waals surface area (Å²) in [6.45, 7) is 0. The summed E-state index contributed by atoms with van der Waals surface area (Å²) in [5.41, 5.74) is -1.32. The zero-order chi connectivity index (χ0) is 14.8. The van der Waals surface area contributed by atoms with Crippen LogP contribution in [0.3, 0.4) is 0 Å². The average Bonchev–Trinajstić information content (AvgIpc) is 2.38. The summed E-state index contributed by atoms with van der Waals surface area (Å²) in [4.78, 5) is 17.0. The fourth-order valence-corrected chi connectivity index (χ4v) is 1.34. The van der Waals surface area contributed by atoms with Gasteiger partial charge in [0.1, 0.15) is 18.3 Å². The summed E-state index contributed by atoms with van der Waals surface area (Å²) in [5.74, 6) is -0.343. The van der Waals surface area contributed by atoms with E-state index in [1.54, 1.807) is 0 Å². The second kappa shape index (κ2) is 5.11. The largest absolute Gasteiger partial charge is 0.434 e. The molecule has 0 radical (unpaired) electrons. The second-order valence-electron chi connectivity index (χ2n) is 3.59. The third kappa shape index (κ3) is 2.99. The second-order valence-corrected chi connectivity index (χ2v) is 3.59. The van der Waals surface area contributed by atoms with Crippen LogP contribution in [-0.2, 0) is 6.18 Å². The summed E-state index contributed by atoms with van der Waals surface area (Å²) >= 11 is 0. The molecule has 0 atom stereocenters. The maximum Gasteiger partial charge on any atom is 0.416 e. The summed E-state index contributed by atoms with van der Waals surface area (Å²) in [6.07, 6.45) is -2.49. The van der Waals surface area contributed by atoms with E-state index < -0.39 is 22.4 Å². The first kappa shape index (κ1) is 13.7. The standard InChI is InChI=1S/C11H6F3N3O3/c12-11(13,14)7-1-3-8(4-2-7)20-10-9(17(18)19)5-15-6-16-10/h1-6H. The predicted octanol–water partition coefficient (Wildman–Crippen LogP) is 3.20. The lowest BCUT2D eigenvalue weighted by atomic mass is 10.2. The molecule has 0 unspecified atom stereocenters. The summed E-state index contributed by atoms with van der Waals surface area (Å²) in [6, 6.07) is 3.72. The van der Waals surface area contributed by atoms with E-state index in [9.17, 15) is 23.3 Å². The van der Waals surface area contributed by atoms with E-state index in [4.69, 9.17) is 4.74 Å². The van der Waals surface area contributed by atoms with E-state index in [0.29, 0.717) is 0 Å². The molecule has 0 aliphatic carbocycles.